The first-order chi connectivity index (χ1) is 10.2. The Morgan fingerprint density at radius 1 is 1.17 bits per heavy atom. The third-order valence-corrected chi connectivity index (χ3v) is 2.76. The van der Waals surface area contributed by atoms with E-state index in [4.69, 9.17) is 17.4 Å². The molecule has 0 fully saturated rings. The van der Waals surface area contributed by atoms with Crippen LogP contribution in [0.3, 0.4) is 0 Å². The second-order valence-corrected chi connectivity index (χ2v) is 4.39. The van der Waals surface area contributed by atoms with Gasteiger partial charge in [0.25, 0.3) is 0 Å². The Bertz CT molecular complexity index is 666. The van der Waals surface area contributed by atoms with E-state index in [0.29, 0.717) is 5.56 Å². The minimum Gasteiger partial charge on any atom is -0.870 e. The van der Waals surface area contributed by atoms with Gasteiger partial charge in [0.2, 0.25) is 0 Å². The predicted octanol–water partition coefficient (Wildman–Crippen LogP) is 1.10. The summed E-state index contributed by atoms with van der Waals surface area (Å²) in [5, 5.41) is 16.0. The number of rotatable bonds is 4. The van der Waals surface area contributed by atoms with E-state index in [2.05, 4.69) is 15.5 Å². The molecule has 0 saturated carbocycles. The average Bonchev–Trinajstić information content (AvgIpc) is 2.50. The van der Waals surface area contributed by atoms with Crippen molar-refractivity contribution in [2.24, 2.45) is 10.1 Å². The number of hydrogen-bond donors (Lipinski definition) is 1. The average molecular weight is 383 g/mol. The van der Waals surface area contributed by atoms with Crippen LogP contribution in [0, 0.1) is 0 Å². The van der Waals surface area contributed by atoms with Crippen molar-refractivity contribution in [2.45, 2.75) is 0 Å². The molecule has 2 rings (SSSR count). The molecule has 0 aliphatic carbocycles. The van der Waals surface area contributed by atoms with Gasteiger partial charge in [0, 0.05) is 5.17 Å². The number of nitrogens with zero attached hydrogens (tertiary/aromatic N) is 2. The molecule has 0 bridgehead atoms. The molecule has 0 radical (unpaired) electrons. The summed E-state index contributed by atoms with van der Waals surface area (Å²) in [6, 6.07) is 14.2. The van der Waals surface area contributed by atoms with Crippen LogP contribution < -0.4 is 15.3 Å². The number of hydrogen-bond acceptors (Lipinski definition) is 5. The van der Waals surface area contributed by atoms with Gasteiger partial charge in [-0.3, -0.25) is 10.4 Å². The third-order valence-electron chi connectivity index (χ3n) is 2.58. The quantitative estimate of drug-likeness (QED) is 0.281. The van der Waals surface area contributed by atoms with E-state index in [1.807, 2.05) is 30.3 Å². The number of amidine groups is 1. The van der Waals surface area contributed by atoms with Crippen LogP contribution in [-0.2, 0) is 32.1 Å². The number of nitrogens with one attached hydrogen (secondary N) is 1. The van der Waals surface area contributed by atoms with Gasteiger partial charge in [0.05, 0.1) is 19.0 Å². The maximum atomic E-state index is 11.9. The first-order valence-electron chi connectivity index (χ1n) is 6.14. The minimum atomic E-state index is -0.225. The molecule has 2 aromatic carbocycles. The second kappa shape index (κ2) is 10.7. The van der Waals surface area contributed by atoms with E-state index in [-0.39, 0.29) is 41.6 Å². The molecular weight excluding hydrogens is 368 g/mol. The topological polar surface area (TPSA) is 101 Å². The van der Waals surface area contributed by atoms with Crippen molar-refractivity contribution < 1.29 is 34.8 Å². The van der Waals surface area contributed by atoms with Crippen molar-refractivity contribution in [3.05, 3.63) is 54.1 Å². The van der Waals surface area contributed by atoms with Crippen molar-refractivity contribution in [1.82, 2.24) is 5.43 Å². The number of aliphatic imine (C=N–C) groups is 1. The fraction of sp³-hybridized carbons (Fsp3) is 0.0667. The normalized spacial score (nSPS) is 10.6. The molecule has 0 heterocycles. The molecule has 23 heavy (non-hydrogen) atoms. The molecule has 8 heteroatoms. The minimum absolute atomic E-state index is 0. The summed E-state index contributed by atoms with van der Waals surface area (Å²) in [6.07, 6.45) is 1.39. The summed E-state index contributed by atoms with van der Waals surface area (Å²) in [5.41, 5.74) is 3.74. The van der Waals surface area contributed by atoms with Crippen LogP contribution in [0.2, 0.25) is 0 Å². The fourth-order valence-corrected chi connectivity index (χ4v) is 1.76. The van der Waals surface area contributed by atoms with Crippen molar-refractivity contribution in [3.63, 3.8) is 0 Å². The molecular formula is C15H15N3O3SZn. The van der Waals surface area contributed by atoms with Gasteiger partial charge in [-0.15, -0.1) is 0 Å². The van der Waals surface area contributed by atoms with Crippen LogP contribution in [0.5, 0.6) is 11.5 Å². The Labute approximate surface area is 152 Å². The van der Waals surface area contributed by atoms with E-state index < -0.39 is 0 Å². The molecule has 0 aliphatic rings. The second-order valence-electron chi connectivity index (χ2n) is 4.00. The number of benzene rings is 2. The van der Waals surface area contributed by atoms with Gasteiger partial charge in [-0.2, -0.15) is 5.10 Å². The van der Waals surface area contributed by atoms with Gasteiger partial charge < -0.3 is 27.9 Å². The molecule has 0 aromatic heterocycles. The first kappa shape index (κ1) is 21.0. The molecule has 0 aliphatic heterocycles. The molecule has 6 nitrogen and oxygen atoms in total. The van der Waals surface area contributed by atoms with E-state index in [1.165, 1.54) is 13.3 Å². The van der Waals surface area contributed by atoms with Gasteiger partial charge in [-0.1, -0.05) is 36.1 Å². The Hall–Kier alpha value is -2.02. The Balaban J connectivity index is 0.00000242. The number of methoxy groups -OCH3 is 1. The smallest absolute Gasteiger partial charge is 0.870 e. The maximum Gasteiger partial charge on any atom is 2.00 e. The fourth-order valence-electron chi connectivity index (χ4n) is 1.60. The van der Waals surface area contributed by atoms with Gasteiger partial charge in [-0.25, -0.2) is 0 Å². The van der Waals surface area contributed by atoms with Crippen LogP contribution in [0.15, 0.2) is 58.6 Å². The van der Waals surface area contributed by atoms with E-state index in [1.54, 1.807) is 18.2 Å². The van der Waals surface area contributed by atoms with Crippen LogP contribution in [0.4, 0.5) is 5.69 Å². The van der Waals surface area contributed by atoms with Crippen molar-refractivity contribution in [1.29, 1.82) is 0 Å². The summed E-state index contributed by atoms with van der Waals surface area (Å²) < 4.78 is 4.95. The zero-order valence-corrected chi connectivity index (χ0v) is 16.3. The third kappa shape index (κ3) is 6.32. The maximum absolute atomic E-state index is 11.9. The van der Waals surface area contributed by atoms with Crippen molar-refractivity contribution >= 4 is 29.7 Å². The zero-order valence-electron chi connectivity index (χ0n) is 12.5. The van der Waals surface area contributed by atoms with Gasteiger partial charge in [0.15, 0.2) is 0 Å². The largest absolute Gasteiger partial charge is 2.00 e. The first-order valence-corrected chi connectivity index (χ1v) is 6.55. The van der Waals surface area contributed by atoms with Crippen LogP contribution in [0.1, 0.15) is 5.56 Å². The Morgan fingerprint density at radius 3 is 2.52 bits per heavy atom. The SMILES string of the molecule is COc1cccc(/C=N/NC([S-])=Nc2ccccc2)c1[O-].O.[Zn+2]. The molecule has 0 atom stereocenters. The molecule has 0 saturated heterocycles. The van der Waals surface area contributed by atoms with Crippen LogP contribution in [0.25, 0.3) is 0 Å². The van der Waals surface area contributed by atoms with Crippen molar-refractivity contribution in [2.75, 3.05) is 7.11 Å². The van der Waals surface area contributed by atoms with Gasteiger partial charge >= 0.3 is 19.5 Å². The van der Waals surface area contributed by atoms with E-state index >= 15 is 0 Å². The monoisotopic (exact) mass is 381 g/mol. The summed E-state index contributed by atoms with van der Waals surface area (Å²) >= 11 is 5.04. The summed E-state index contributed by atoms with van der Waals surface area (Å²) in [7, 11) is 1.45. The molecule has 3 N–H and O–H groups in total. The summed E-state index contributed by atoms with van der Waals surface area (Å²) in [6.45, 7) is 0. The van der Waals surface area contributed by atoms with Gasteiger partial charge in [0.1, 0.15) is 5.75 Å². The zero-order chi connectivity index (χ0) is 15.1. The van der Waals surface area contributed by atoms with E-state index in [9.17, 15) is 5.11 Å². The van der Waals surface area contributed by atoms with E-state index in [0.717, 1.165) is 5.69 Å². The molecule has 2 aromatic rings. The summed E-state index contributed by atoms with van der Waals surface area (Å²) in [5.74, 6) is 0.0481. The number of para-hydroxylation sites is 2. The van der Waals surface area contributed by atoms with Gasteiger partial charge in [-0.05, 0) is 23.8 Å². The van der Waals surface area contributed by atoms with Crippen LogP contribution >= 0.6 is 0 Å². The predicted molar refractivity (Wildman–Crippen MR) is 87.7 cm³/mol. The standard InChI is InChI=1S/C15H15N3O2S.H2O.Zn/c1-20-13-9-5-6-11(14(13)19)10-16-18-15(21)17-12-7-3-2-4-8-12;;/h2-10,19H,1H3,(H2,17,18,21);1H2;/q;;+2/p-2/b16-10+;;. The number of hydrazone groups is 1. The molecule has 0 spiro atoms. The molecule has 116 valence electrons. The van der Waals surface area contributed by atoms with Crippen LogP contribution in [-0.4, -0.2) is 24.0 Å². The number of ether oxygens (including phenoxy) is 1. The van der Waals surface area contributed by atoms with Crippen molar-refractivity contribution in [3.8, 4) is 11.5 Å². The molecule has 0 unspecified atom stereocenters. The Morgan fingerprint density at radius 2 is 1.87 bits per heavy atom. The Kier molecular flexibility index (Phi) is 9.73. The molecule has 0 amide bonds. The summed E-state index contributed by atoms with van der Waals surface area (Å²) in [4.78, 5) is 4.15.